The zero-order valence-corrected chi connectivity index (χ0v) is 9.56. The molecule has 0 spiro atoms. The van der Waals surface area contributed by atoms with E-state index in [-0.39, 0.29) is 0 Å². The van der Waals surface area contributed by atoms with Gasteiger partial charge in [0.25, 0.3) is 0 Å². The SMILES string of the molecule is CC(C)(I)S(=O)(=O)NNC(N)=O. The normalized spacial score (nSPS) is 12.6. The summed E-state index contributed by atoms with van der Waals surface area (Å²) in [6.45, 7) is 2.97. The highest BCUT2D eigenvalue weighted by atomic mass is 127. The van der Waals surface area contributed by atoms with E-state index in [0.717, 1.165) is 0 Å². The van der Waals surface area contributed by atoms with Crippen molar-refractivity contribution in [1.29, 1.82) is 0 Å². The highest BCUT2D eigenvalue weighted by molar-refractivity contribution is 14.1. The van der Waals surface area contributed by atoms with Crippen LogP contribution in [-0.2, 0) is 10.0 Å². The molecule has 0 aromatic rings. The monoisotopic (exact) mass is 307 g/mol. The van der Waals surface area contributed by atoms with Gasteiger partial charge in [-0.15, -0.1) is 4.83 Å². The number of alkyl halides is 1. The maximum atomic E-state index is 11.2. The quantitative estimate of drug-likeness (QED) is 0.378. The van der Waals surface area contributed by atoms with Crippen molar-refractivity contribution < 1.29 is 13.2 Å². The molecule has 4 N–H and O–H groups in total. The molecule has 0 heterocycles. The highest BCUT2D eigenvalue weighted by Gasteiger charge is 2.30. The Balaban J connectivity index is 4.37. The number of amides is 2. The third kappa shape index (κ3) is 3.54. The molecule has 8 heteroatoms. The Morgan fingerprint density at radius 3 is 2.17 bits per heavy atom. The van der Waals surface area contributed by atoms with Crippen LogP contribution in [0.3, 0.4) is 0 Å². The number of rotatable bonds is 3. The second-order valence-corrected chi connectivity index (χ2v) is 8.12. The lowest BCUT2D eigenvalue weighted by Crippen LogP contribution is -2.49. The van der Waals surface area contributed by atoms with Crippen LogP contribution in [0.15, 0.2) is 0 Å². The van der Waals surface area contributed by atoms with Crippen LogP contribution in [-0.4, -0.2) is 17.2 Å². The molecule has 0 atom stereocenters. The summed E-state index contributed by atoms with van der Waals surface area (Å²) in [6.07, 6.45) is 0. The molecular weight excluding hydrogens is 297 g/mol. The number of hydrogen-bond donors (Lipinski definition) is 3. The average Bonchev–Trinajstić information content (AvgIpc) is 1.81. The molecule has 12 heavy (non-hydrogen) atoms. The second kappa shape index (κ2) is 3.75. The summed E-state index contributed by atoms with van der Waals surface area (Å²) >= 11 is 1.72. The van der Waals surface area contributed by atoms with Crippen LogP contribution in [0.4, 0.5) is 4.79 Å². The van der Waals surface area contributed by atoms with Gasteiger partial charge in [0.15, 0.2) is 0 Å². The molecule has 0 aliphatic carbocycles. The zero-order valence-electron chi connectivity index (χ0n) is 6.59. The minimum absolute atomic E-state index is 0.945. The molecule has 0 aliphatic rings. The second-order valence-electron chi connectivity index (χ2n) is 2.46. The molecule has 0 aromatic heterocycles. The fourth-order valence-electron chi connectivity index (χ4n) is 0.239. The Labute approximate surface area is 84.4 Å². The lowest BCUT2D eigenvalue weighted by molar-refractivity contribution is 0.247. The van der Waals surface area contributed by atoms with Crippen molar-refractivity contribution in [3.8, 4) is 0 Å². The van der Waals surface area contributed by atoms with Gasteiger partial charge in [-0.05, 0) is 13.8 Å². The number of halogens is 1. The average molecular weight is 307 g/mol. The van der Waals surface area contributed by atoms with Gasteiger partial charge in [-0.2, -0.15) is 0 Å². The summed E-state index contributed by atoms with van der Waals surface area (Å²) < 4.78 is 21.3. The van der Waals surface area contributed by atoms with Crippen LogP contribution in [0.5, 0.6) is 0 Å². The number of urea groups is 1. The number of nitrogens with two attached hydrogens (primary N) is 1. The van der Waals surface area contributed by atoms with Crippen LogP contribution in [0.1, 0.15) is 13.8 Å². The summed E-state index contributed by atoms with van der Waals surface area (Å²) in [5, 5.41) is 0. The maximum Gasteiger partial charge on any atom is 0.327 e. The number of primary amides is 1. The fourth-order valence-corrected chi connectivity index (χ4v) is 1.05. The van der Waals surface area contributed by atoms with Crippen molar-refractivity contribution in [3.63, 3.8) is 0 Å². The molecule has 72 valence electrons. The van der Waals surface area contributed by atoms with E-state index in [1.165, 1.54) is 13.8 Å². The molecule has 0 radical (unpaired) electrons. The number of carbonyl (C=O) groups excluding carboxylic acids is 1. The minimum Gasteiger partial charge on any atom is -0.351 e. The predicted octanol–water partition coefficient (Wildman–Crippen LogP) is -0.340. The van der Waals surface area contributed by atoms with E-state index >= 15 is 0 Å². The predicted molar refractivity (Wildman–Crippen MR) is 52.9 cm³/mol. The Kier molecular flexibility index (Phi) is 3.72. The molecule has 0 saturated carbocycles. The largest absolute Gasteiger partial charge is 0.351 e. The first-order valence-electron chi connectivity index (χ1n) is 2.92. The highest BCUT2D eigenvalue weighted by Crippen LogP contribution is 2.22. The number of hydrogen-bond acceptors (Lipinski definition) is 3. The van der Waals surface area contributed by atoms with Gasteiger partial charge in [0.1, 0.15) is 2.75 Å². The molecule has 0 fully saturated rings. The van der Waals surface area contributed by atoms with E-state index in [1.807, 2.05) is 4.83 Å². The van der Waals surface area contributed by atoms with Crippen LogP contribution < -0.4 is 16.0 Å². The van der Waals surface area contributed by atoms with Crippen LogP contribution in [0, 0.1) is 0 Å². The molecular formula is C4H10IN3O3S. The zero-order chi connectivity index (χ0) is 9.99. The van der Waals surface area contributed by atoms with Gasteiger partial charge in [0.05, 0.1) is 0 Å². The summed E-state index contributed by atoms with van der Waals surface area (Å²) in [4.78, 5) is 12.0. The molecule has 0 aromatic carbocycles. The minimum atomic E-state index is -3.57. The van der Waals surface area contributed by atoms with E-state index in [4.69, 9.17) is 0 Å². The summed E-state index contributed by atoms with van der Waals surface area (Å²) in [5.74, 6) is 0. The third-order valence-corrected chi connectivity index (χ3v) is 4.34. The van der Waals surface area contributed by atoms with E-state index in [2.05, 4.69) is 5.73 Å². The van der Waals surface area contributed by atoms with Gasteiger partial charge >= 0.3 is 6.03 Å². The molecule has 0 unspecified atom stereocenters. The van der Waals surface area contributed by atoms with Crippen molar-refractivity contribution in [2.24, 2.45) is 5.73 Å². The van der Waals surface area contributed by atoms with Crippen LogP contribution >= 0.6 is 22.6 Å². The number of carbonyl (C=O) groups is 1. The molecule has 0 saturated heterocycles. The topological polar surface area (TPSA) is 101 Å². The van der Waals surface area contributed by atoms with Gasteiger partial charge in [0.2, 0.25) is 10.0 Å². The van der Waals surface area contributed by atoms with E-state index in [9.17, 15) is 13.2 Å². The Hall–Kier alpha value is -0.0900. The van der Waals surface area contributed by atoms with Crippen molar-refractivity contribution in [3.05, 3.63) is 0 Å². The van der Waals surface area contributed by atoms with E-state index in [1.54, 1.807) is 28.0 Å². The number of hydrazine groups is 1. The standard InChI is InChI=1S/C4H10IN3O3S/c1-4(2,5)12(10,11)8-7-3(6)9/h8H,1-2H3,(H3,6,7,9). The molecule has 2 amide bonds. The fraction of sp³-hybridized carbons (Fsp3) is 0.750. The van der Waals surface area contributed by atoms with Crippen molar-refractivity contribution in [2.75, 3.05) is 0 Å². The summed E-state index contributed by atoms with van der Waals surface area (Å²) in [5.41, 5.74) is 6.45. The van der Waals surface area contributed by atoms with E-state index in [0.29, 0.717) is 0 Å². The van der Waals surface area contributed by atoms with Gasteiger partial charge in [-0.1, -0.05) is 22.6 Å². The molecule has 0 rings (SSSR count). The first-order chi connectivity index (χ1) is 5.17. The number of nitrogens with one attached hydrogen (secondary N) is 2. The maximum absolute atomic E-state index is 11.2. The van der Waals surface area contributed by atoms with Crippen molar-refractivity contribution in [2.45, 2.75) is 16.6 Å². The molecule has 0 bridgehead atoms. The first-order valence-corrected chi connectivity index (χ1v) is 5.49. The smallest absolute Gasteiger partial charge is 0.327 e. The first kappa shape index (κ1) is 11.9. The van der Waals surface area contributed by atoms with Crippen molar-refractivity contribution in [1.82, 2.24) is 10.3 Å². The van der Waals surface area contributed by atoms with Gasteiger partial charge < -0.3 is 5.73 Å². The molecule has 0 aliphatic heterocycles. The lowest BCUT2D eigenvalue weighted by Gasteiger charge is -2.17. The van der Waals surface area contributed by atoms with Gasteiger partial charge in [-0.25, -0.2) is 13.2 Å². The Morgan fingerprint density at radius 2 is 1.92 bits per heavy atom. The Bertz CT molecular complexity index is 268. The van der Waals surface area contributed by atoms with Crippen LogP contribution in [0.25, 0.3) is 0 Å². The van der Waals surface area contributed by atoms with Gasteiger partial charge in [-0.3, -0.25) is 5.43 Å². The van der Waals surface area contributed by atoms with Gasteiger partial charge in [0, 0.05) is 0 Å². The molecule has 6 nitrogen and oxygen atoms in total. The summed E-state index contributed by atoms with van der Waals surface area (Å²) in [6, 6.07) is -0.945. The Morgan fingerprint density at radius 1 is 1.50 bits per heavy atom. The van der Waals surface area contributed by atoms with Crippen molar-refractivity contribution >= 4 is 38.6 Å². The van der Waals surface area contributed by atoms with Crippen LogP contribution in [0.2, 0.25) is 0 Å². The van der Waals surface area contributed by atoms with E-state index < -0.39 is 18.8 Å². The lowest BCUT2D eigenvalue weighted by atomic mass is 10.6. The number of sulfonamides is 1. The third-order valence-electron chi connectivity index (χ3n) is 0.948. The summed E-state index contributed by atoms with van der Waals surface area (Å²) in [7, 11) is -3.57.